The molecule has 7 nitrogen and oxygen atoms in total. The summed E-state index contributed by atoms with van der Waals surface area (Å²) < 4.78 is 33.6. The van der Waals surface area contributed by atoms with Crippen LogP contribution in [0.2, 0.25) is 0 Å². The second-order valence-electron chi connectivity index (χ2n) is 6.76. The minimum absolute atomic E-state index is 0.133. The second-order valence-corrected chi connectivity index (χ2v) is 6.76. The number of benzene rings is 1. The van der Waals surface area contributed by atoms with Crippen LogP contribution in [0.1, 0.15) is 12.0 Å². The Morgan fingerprint density at radius 2 is 2.07 bits per heavy atom. The third kappa shape index (κ3) is 4.34. The molecule has 1 atom stereocenters. The molecule has 30 heavy (non-hydrogen) atoms. The molecule has 0 aliphatic carbocycles. The van der Waals surface area contributed by atoms with Gasteiger partial charge >= 0.3 is 0 Å². The highest BCUT2D eigenvalue weighted by atomic mass is 19.3. The van der Waals surface area contributed by atoms with E-state index in [1.54, 1.807) is 42.7 Å². The van der Waals surface area contributed by atoms with Crippen molar-refractivity contribution >= 4 is 11.8 Å². The van der Waals surface area contributed by atoms with Crippen molar-refractivity contribution in [3.05, 3.63) is 60.4 Å². The summed E-state index contributed by atoms with van der Waals surface area (Å²) in [6, 6.07) is 13.9. The smallest absolute Gasteiger partial charge is 0.296 e. The number of hydrogen-bond donors (Lipinski definition) is 2. The molecule has 1 aromatic carbocycles. The summed E-state index contributed by atoms with van der Waals surface area (Å²) in [5.41, 5.74) is 1.38. The topological polar surface area (TPSA) is 95.8 Å². The van der Waals surface area contributed by atoms with Crippen molar-refractivity contribution in [2.75, 3.05) is 18.4 Å². The Kier molecular flexibility index (Phi) is 5.50. The minimum atomic E-state index is -3.00. The van der Waals surface area contributed by atoms with Crippen molar-refractivity contribution in [2.45, 2.75) is 18.4 Å². The molecule has 0 radical (unpaired) electrons. The lowest BCUT2D eigenvalue weighted by molar-refractivity contribution is -0.109. The van der Waals surface area contributed by atoms with Gasteiger partial charge in [-0.2, -0.15) is 5.26 Å². The highest BCUT2D eigenvalue weighted by molar-refractivity contribution is 5.65. The van der Waals surface area contributed by atoms with Crippen molar-refractivity contribution in [2.24, 2.45) is 0 Å². The Hall–Kier alpha value is -3.64. The summed E-state index contributed by atoms with van der Waals surface area (Å²) in [5.74, 6) is -1.92. The van der Waals surface area contributed by atoms with Gasteiger partial charge in [-0.1, -0.05) is 6.07 Å². The molecule has 0 amide bonds. The second kappa shape index (κ2) is 8.39. The highest BCUT2D eigenvalue weighted by Gasteiger charge is 2.43. The Morgan fingerprint density at radius 3 is 2.83 bits per heavy atom. The van der Waals surface area contributed by atoms with Crippen LogP contribution < -0.4 is 15.4 Å². The lowest BCUT2D eigenvalue weighted by atomic mass is 10.0. The molecule has 1 fully saturated rings. The Morgan fingerprint density at radius 1 is 1.17 bits per heavy atom. The zero-order valence-electron chi connectivity index (χ0n) is 15.8. The summed E-state index contributed by atoms with van der Waals surface area (Å²) >= 11 is 0. The van der Waals surface area contributed by atoms with Gasteiger partial charge in [0.1, 0.15) is 17.6 Å². The number of nitrogens with one attached hydrogen (secondary N) is 2. The van der Waals surface area contributed by atoms with Crippen LogP contribution >= 0.6 is 0 Å². The lowest BCUT2D eigenvalue weighted by Gasteiger charge is -2.32. The molecule has 3 aromatic rings. The van der Waals surface area contributed by atoms with Crippen LogP contribution in [0.3, 0.4) is 0 Å². The average Bonchev–Trinajstić information content (AvgIpc) is 2.76. The Bertz CT molecular complexity index is 1070. The Labute approximate surface area is 171 Å². The number of rotatable bonds is 5. The van der Waals surface area contributed by atoms with Crippen molar-refractivity contribution in [1.82, 2.24) is 20.3 Å². The van der Waals surface area contributed by atoms with Crippen molar-refractivity contribution < 1.29 is 13.5 Å². The number of anilines is 2. The van der Waals surface area contributed by atoms with Crippen LogP contribution in [-0.4, -0.2) is 40.1 Å². The molecule has 4 rings (SSSR count). The molecule has 9 heteroatoms. The number of piperidine rings is 1. The van der Waals surface area contributed by atoms with Crippen molar-refractivity contribution in [3.63, 3.8) is 0 Å². The lowest BCUT2D eigenvalue weighted by Crippen LogP contribution is -2.52. The van der Waals surface area contributed by atoms with Crippen LogP contribution in [0.15, 0.2) is 54.9 Å². The van der Waals surface area contributed by atoms with Crippen LogP contribution in [0.5, 0.6) is 5.75 Å². The average molecular weight is 408 g/mol. The summed E-state index contributed by atoms with van der Waals surface area (Å²) in [7, 11) is 0. The molecular weight excluding hydrogens is 390 g/mol. The fourth-order valence-electron chi connectivity index (χ4n) is 3.12. The predicted molar refractivity (Wildman–Crippen MR) is 107 cm³/mol. The summed E-state index contributed by atoms with van der Waals surface area (Å²) in [4.78, 5) is 12.8. The van der Waals surface area contributed by atoms with Crippen LogP contribution in [0.4, 0.5) is 20.5 Å². The molecule has 1 unspecified atom stereocenters. The summed E-state index contributed by atoms with van der Waals surface area (Å²) in [6.07, 6.45) is 2.12. The van der Waals surface area contributed by atoms with Gasteiger partial charge in [0, 0.05) is 24.4 Å². The third-order valence-corrected chi connectivity index (χ3v) is 4.64. The maximum atomic E-state index is 14.1. The fraction of sp³-hybridized carbons (Fsp3) is 0.238. The standard InChI is InChI=1S/C21H18F2N6O/c22-21(23)13-25-9-7-18(21)30-17-5-4-14(11-15(17)12-24)16-6-10-27-20(28-16)29-19-3-1-2-8-26-19/h1-6,8,10-11,18,25H,7,9,13H2,(H,26,27,28,29). The zero-order valence-corrected chi connectivity index (χ0v) is 15.8. The normalized spacial score (nSPS) is 17.7. The molecule has 2 N–H and O–H groups in total. The number of nitrogens with zero attached hydrogens (tertiary/aromatic N) is 4. The number of nitriles is 1. The van der Waals surface area contributed by atoms with E-state index < -0.39 is 18.6 Å². The number of pyridine rings is 1. The first-order valence-electron chi connectivity index (χ1n) is 9.36. The van der Waals surface area contributed by atoms with Crippen molar-refractivity contribution in [3.8, 4) is 23.1 Å². The van der Waals surface area contributed by atoms with E-state index in [1.807, 2.05) is 12.1 Å². The summed E-state index contributed by atoms with van der Waals surface area (Å²) in [5, 5.41) is 15.2. The number of alkyl halides is 2. The van der Waals surface area contributed by atoms with Gasteiger partial charge in [0.2, 0.25) is 5.95 Å². The monoisotopic (exact) mass is 408 g/mol. The first kappa shape index (κ1) is 19.7. The fourth-order valence-corrected chi connectivity index (χ4v) is 3.12. The van der Waals surface area contributed by atoms with Crippen LogP contribution in [0.25, 0.3) is 11.3 Å². The molecule has 3 heterocycles. The molecular formula is C21H18F2N6O. The number of aromatic nitrogens is 3. The van der Waals surface area contributed by atoms with Gasteiger partial charge in [-0.05, 0) is 42.9 Å². The van der Waals surface area contributed by atoms with Gasteiger partial charge in [0.25, 0.3) is 5.92 Å². The third-order valence-electron chi connectivity index (χ3n) is 4.64. The van der Waals surface area contributed by atoms with E-state index in [0.29, 0.717) is 29.6 Å². The molecule has 152 valence electrons. The Balaban J connectivity index is 1.57. The number of ether oxygens (including phenoxy) is 1. The van der Waals surface area contributed by atoms with Gasteiger partial charge in [0.15, 0.2) is 6.10 Å². The SMILES string of the molecule is N#Cc1cc(-c2ccnc(Nc3ccccn3)n2)ccc1OC1CCNCC1(F)F. The van der Waals surface area contributed by atoms with Crippen LogP contribution in [0, 0.1) is 11.3 Å². The van der Waals surface area contributed by atoms with Crippen LogP contribution in [-0.2, 0) is 0 Å². The minimum Gasteiger partial charge on any atom is -0.483 e. The first-order chi connectivity index (χ1) is 14.5. The maximum Gasteiger partial charge on any atom is 0.296 e. The molecule has 1 aliphatic heterocycles. The molecule has 1 saturated heterocycles. The molecule has 1 aliphatic rings. The molecule has 0 saturated carbocycles. The van der Waals surface area contributed by atoms with Gasteiger partial charge in [0.05, 0.1) is 17.8 Å². The van der Waals surface area contributed by atoms with E-state index in [4.69, 9.17) is 4.74 Å². The van der Waals surface area contributed by atoms with E-state index in [2.05, 4.69) is 25.6 Å². The maximum absolute atomic E-state index is 14.1. The van der Waals surface area contributed by atoms with Crippen molar-refractivity contribution in [1.29, 1.82) is 5.26 Å². The predicted octanol–water partition coefficient (Wildman–Crippen LogP) is 3.53. The van der Waals surface area contributed by atoms with Gasteiger partial charge in [-0.3, -0.25) is 0 Å². The van der Waals surface area contributed by atoms with E-state index in [1.165, 1.54) is 6.07 Å². The zero-order chi connectivity index (χ0) is 21.0. The van der Waals surface area contributed by atoms with E-state index in [0.717, 1.165) is 0 Å². The number of hydrogen-bond acceptors (Lipinski definition) is 7. The van der Waals surface area contributed by atoms with E-state index >= 15 is 0 Å². The quantitative estimate of drug-likeness (QED) is 0.667. The van der Waals surface area contributed by atoms with Gasteiger partial charge < -0.3 is 15.4 Å². The summed E-state index contributed by atoms with van der Waals surface area (Å²) in [6.45, 7) is -0.00215. The van der Waals surface area contributed by atoms with E-state index in [9.17, 15) is 14.0 Å². The molecule has 0 spiro atoms. The molecule has 0 bridgehead atoms. The highest BCUT2D eigenvalue weighted by Crippen LogP contribution is 2.31. The molecule has 2 aromatic heterocycles. The van der Waals surface area contributed by atoms with E-state index in [-0.39, 0.29) is 17.7 Å². The first-order valence-corrected chi connectivity index (χ1v) is 9.36. The number of halogens is 2. The van der Waals surface area contributed by atoms with Gasteiger partial charge in [-0.15, -0.1) is 0 Å². The van der Waals surface area contributed by atoms with Gasteiger partial charge in [-0.25, -0.2) is 23.7 Å². The largest absolute Gasteiger partial charge is 0.483 e.